The second-order valence-corrected chi connectivity index (χ2v) is 8.11. The van der Waals surface area contributed by atoms with Crippen molar-refractivity contribution < 1.29 is 34.1 Å². The molecule has 0 amide bonds. The van der Waals surface area contributed by atoms with Gasteiger partial charge in [-0.1, -0.05) is 39.0 Å². The Morgan fingerprint density at radius 3 is 2.66 bits per heavy atom. The maximum atomic E-state index is 12.4. The lowest BCUT2D eigenvalue weighted by molar-refractivity contribution is -0.160. The summed E-state index contributed by atoms with van der Waals surface area (Å²) >= 11 is 0. The van der Waals surface area contributed by atoms with Crippen LogP contribution in [0, 0.1) is 23.7 Å². The number of carboxylic acid groups (broad SMARTS) is 1. The molecule has 2 aliphatic rings. The van der Waals surface area contributed by atoms with Gasteiger partial charge in [-0.15, -0.1) is 0 Å². The molecule has 0 heterocycles. The zero-order valence-corrected chi connectivity index (χ0v) is 17.4. The number of hydrogen-bond donors (Lipinski definition) is 2. The average molecular weight is 408 g/mol. The van der Waals surface area contributed by atoms with E-state index < -0.39 is 24.5 Å². The molecule has 2 N–H and O–H groups in total. The number of esters is 2. The van der Waals surface area contributed by atoms with E-state index in [-0.39, 0.29) is 48.8 Å². The quantitative estimate of drug-likeness (QED) is 0.565. The Morgan fingerprint density at radius 1 is 1.28 bits per heavy atom. The van der Waals surface area contributed by atoms with E-state index in [4.69, 9.17) is 14.6 Å². The highest BCUT2D eigenvalue weighted by Gasteiger charge is 2.41. The summed E-state index contributed by atoms with van der Waals surface area (Å²) in [5.41, 5.74) is 1.10. The first-order valence-electron chi connectivity index (χ1n) is 10.4. The summed E-state index contributed by atoms with van der Waals surface area (Å²) in [7, 11) is 0. The number of aliphatic hydroxyl groups excluding tert-OH is 1. The van der Waals surface area contributed by atoms with Gasteiger partial charge in [0.25, 0.3) is 0 Å². The van der Waals surface area contributed by atoms with Crippen molar-refractivity contribution in [2.45, 2.75) is 65.1 Å². The smallest absolute Gasteiger partial charge is 0.308 e. The van der Waals surface area contributed by atoms with Crippen molar-refractivity contribution in [2.75, 3.05) is 6.61 Å². The van der Waals surface area contributed by atoms with Crippen LogP contribution in [0.1, 0.15) is 52.9 Å². The minimum atomic E-state index is -1.27. The van der Waals surface area contributed by atoms with Gasteiger partial charge in [0.2, 0.25) is 0 Å². The van der Waals surface area contributed by atoms with E-state index in [2.05, 4.69) is 18.2 Å². The zero-order valence-electron chi connectivity index (χ0n) is 17.4. The van der Waals surface area contributed by atoms with Crippen LogP contribution in [-0.4, -0.2) is 46.9 Å². The Kier molecular flexibility index (Phi) is 8.44. The van der Waals surface area contributed by atoms with Crippen LogP contribution >= 0.6 is 0 Å². The lowest BCUT2D eigenvalue weighted by Crippen LogP contribution is -2.42. The molecular formula is C22H32O7. The van der Waals surface area contributed by atoms with Crippen LogP contribution in [0.5, 0.6) is 0 Å². The second-order valence-electron chi connectivity index (χ2n) is 8.11. The predicted molar refractivity (Wildman–Crippen MR) is 106 cm³/mol. The van der Waals surface area contributed by atoms with E-state index in [1.165, 1.54) is 0 Å². The molecule has 7 nitrogen and oxygen atoms in total. The lowest BCUT2D eigenvalue weighted by Gasteiger charge is -2.41. The normalized spacial score (nSPS) is 27.9. The summed E-state index contributed by atoms with van der Waals surface area (Å²) in [6, 6.07) is 0. The van der Waals surface area contributed by atoms with E-state index in [0.717, 1.165) is 24.8 Å². The van der Waals surface area contributed by atoms with Gasteiger partial charge in [-0.3, -0.25) is 14.4 Å². The van der Waals surface area contributed by atoms with Gasteiger partial charge in [-0.05, 0) is 30.8 Å². The minimum absolute atomic E-state index is 0.0477. The average Bonchev–Trinajstić information content (AvgIpc) is 2.66. The molecule has 6 atom stereocenters. The van der Waals surface area contributed by atoms with E-state index in [1.807, 2.05) is 20.8 Å². The predicted octanol–water partition coefficient (Wildman–Crippen LogP) is 2.87. The Bertz CT molecular complexity index is 666. The van der Waals surface area contributed by atoms with Crippen molar-refractivity contribution in [3.63, 3.8) is 0 Å². The van der Waals surface area contributed by atoms with Crippen molar-refractivity contribution in [2.24, 2.45) is 23.7 Å². The Hall–Kier alpha value is -2.15. The fraction of sp³-hybridized carbons (Fsp3) is 0.682. The molecule has 0 bridgehead atoms. The molecular weight excluding hydrogens is 376 g/mol. The highest BCUT2D eigenvalue weighted by molar-refractivity contribution is 5.73. The van der Waals surface area contributed by atoms with Gasteiger partial charge in [0.05, 0.1) is 31.5 Å². The van der Waals surface area contributed by atoms with Crippen LogP contribution in [-0.2, 0) is 23.9 Å². The van der Waals surface area contributed by atoms with Gasteiger partial charge in [0, 0.05) is 11.8 Å². The second kappa shape index (κ2) is 10.6. The number of carboxylic acids is 1. The molecule has 0 unspecified atom stereocenters. The topological polar surface area (TPSA) is 110 Å². The third-order valence-corrected chi connectivity index (χ3v) is 5.88. The summed E-state index contributed by atoms with van der Waals surface area (Å²) in [5, 5.41) is 18.3. The summed E-state index contributed by atoms with van der Waals surface area (Å²) in [4.78, 5) is 35.0. The minimum Gasteiger partial charge on any atom is -0.481 e. The molecule has 0 saturated heterocycles. The van der Waals surface area contributed by atoms with E-state index in [0.29, 0.717) is 0 Å². The van der Waals surface area contributed by atoms with Gasteiger partial charge in [0.15, 0.2) is 0 Å². The first kappa shape index (κ1) is 23.1. The monoisotopic (exact) mass is 408 g/mol. The van der Waals surface area contributed by atoms with Crippen molar-refractivity contribution >= 4 is 17.9 Å². The molecule has 2 aliphatic carbocycles. The standard InChI is InChI=1S/C22H32O7/c1-4-13(2)22(27)29-18-7-5-6-15-9-8-14(3)17(21(15)18)12-28-20(26)11-16(23)10-19(24)25/h6,8-9,13-14,16-18,21,23H,4-5,7,10-12H2,1-3H3,(H,24,25)/t13-,14-,16-,17-,18-,21-/m0/s1. The molecule has 0 saturated carbocycles. The first-order valence-corrected chi connectivity index (χ1v) is 10.4. The molecule has 0 aromatic rings. The lowest BCUT2D eigenvalue weighted by atomic mass is 9.68. The molecule has 2 rings (SSSR count). The number of aliphatic hydroxyl groups is 1. The number of fused-ring (bicyclic) bond motifs is 1. The summed E-state index contributed by atoms with van der Waals surface area (Å²) in [5.74, 6) is -2.14. The molecule has 0 radical (unpaired) electrons. The highest BCUT2D eigenvalue weighted by atomic mass is 16.5. The molecule has 0 aromatic heterocycles. The molecule has 29 heavy (non-hydrogen) atoms. The molecule has 0 spiro atoms. The van der Waals surface area contributed by atoms with Crippen LogP contribution < -0.4 is 0 Å². The van der Waals surface area contributed by atoms with Crippen LogP contribution in [0.2, 0.25) is 0 Å². The third-order valence-electron chi connectivity index (χ3n) is 5.88. The maximum Gasteiger partial charge on any atom is 0.308 e. The van der Waals surface area contributed by atoms with Gasteiger partial charge in [-0.25, -0.2) is 0 Å². The largest absolute Gasteiger partial charge is 0.481 e. The Morgan fingerprint density at radius 2 is 2.00 bits per heavy atom. The van der Waals surface area contributed by atoms with E-state index in [9.17, 15) is 19.5 Å². The number of ether oxygens (including phenoxy) is 2. The number of carbonyl (C=O) groups is 3. The summed E-state index contributed by atoms with van der Waals surface area (Å²) in [6.07, 6.45) is 6.18. The van der Waals surface area contributed by atoms with Crippen molar-refractivity contribution in [3.05, 3.63) is 23.8 Å². The fourth-order valence-electron chi connectivity index (χ4n) is 3.91. The van der Waals surface area contributed by atoms with E-state index in [1.54, 1.807) is 0 Å². The third kappa shape index (κ3) is 6.42. The van der Waals surface area contributed by atoms with Crippen molar-refractivity contribution in [1.82, 2.24) is 0 Å². The SMILES string of the molecule is CC[C@H](C)C(=O)O[C@H]1CCC=C2C=C[C@H](C)[C@H](COC(=O)C[C@@H](O)CC(=O)O)[C@H]21. The molecule has 0 fully saturated rings. The van der Waals surface area contributed by atoms with Gasteiger partial charge < -0.3 is 19.7 Å². The number of rotatable bonds is 9. The molecule has 7 heteroatoms. The molecule has 0 aromatic carbocycles. The first-order chi connectivity index (χ1) is 13.7. The Balaban J connectivity index is 2.04. The van der Waals surface area contributed by atoms with Crippen molar-refractivity contribution in [1.29, 1.82) is 0 Å². The summed E-state index contributed by atoms with van der Waals surface area (Å²) in [6.45, 7) is 5.97. The number of aliphatic carboxylic acids is 1. The fourth-order valence-corrected chi connectivity index (χ4v) is 3.91. The van der Waals surface area contributed by atoms with Crippen LogP contribution in [0.25, 0.3) is 0 Å². The number of hydrogen-bond acceptors (Lipinski definition) is 6. The van der Waals surface area contributed by atoms with Gasteiger partial charge in [-0.2, -0.15) is 0 Å². The van der Waals surface area contributed by atoms with Gasteiger partial charge in [0.1, 0.15) is 6.10 Å². The number of carbonyl (C=O) groups excluding carboxylic acids is 2. The molecule has 0 aliphatic heterocycles. The van der Waals surface area contributed by atoms with Gasteiger partial charge >= 0.3 is 17.9 Å². The maximum absolute atomic E-state index is 12.4. The van der Waals surface area contributed by atoms with Crippen LogP contribution in [0.4, 0.5) is 0 Å². The molecule has 162 valence electrons. The zero-order chi connectivity index (χ0) is 21.6. The van der Waals surface area contributed by atoms with Crippen LogP contribution in [0.15, 0.2) is 23.8 Å². The highest BCUT2D eigenvalue weighted by Crippen LogP contribution is 2.41. The number of allylic oxidation sites excluding steroid dienone is 3. The van der Waals surface area contributed by atoms with Crippen LogP contribution in [0.3, 0.4) is 0 Å². The van der Waals surface area contributed by atoms with E-state index >= 15 is 0 Å². The summed E-state index contributed by atoms with van der Waals surface area (Å²) < 4.78 is 11.2. The van der Waals surface area contributed by atoms with Crippen molar-refractivity contribution in [3.8, 4) is 0 Å². The Labute approximate surface area is 171 Å².